The quantitative estimate of drug-likeness (QED) is 0.898. The number of carbonyl (C=O) groups is 1. The van der Waals surface area contributed by atoms with Gasteiger partial charge in [0.15, 0.2) is 0 Å². The smallest absolute Gasteiger partial charge is 0.310 e. The molecule has 0 spiro atoms. The van der Waals surface area contributed by atoms with Crippen LogP contribution < -0.4 is 0 Å². The summed E-state index contributed by atoms with van der Waals surface area (Å²) >= 11 is 0. The van der Waals surface area contributed by atoms with Gasteiger partial charge < -0.3 is 9.63 Å². The predicted molar refractivity (Wildman–Crippen MR) is 75.5 cm³/mol. The fourth-order valence-corrected chi connectivity index (χ4v) is 3.28. The molecule has 1 atom stereocenters. The van der Waals surface area contributed by atoms with E-state index in [1.165, 1.54) is 0 Å². The first kappa shape index (κ1) is 15.0. The molecule has 1 N–H and O–H groups in total. The van der Waals surface area contributed by atoms with Crippen LogP contribution in [0.5, 0.6) is 0 Å². The molecule has 5 heteroatoms. The Morgan fingerprint density at radius 2 is 2.25 bits per heavy atom. The summed E-state index contributed by atoms with van der Waals surface area (Å²) in [5, 5.41) is 13.6. The molecule has 1 aromatic heterocycles. The van der Waals surface area contributed by atoms with Gasteiger partial charge >= 0.3 is 5.97 Å². The van der Waals surface area contributed by atoms with E-state index >= 15 is 0 Å². The highest BCUT2D eigenvalue weighted by Gasteiger charge is 2.41. The number of rotatable bonds is 5. The number of aromatic nitrogens is 1. The van der Waals surface area contributed by atoms with Gasteiger partial charge in [0.1, 0.15) is 5.76 Å². The summed E-state index contributed by atoms with van der Waals surface area (Å²) in [5.74, 6) is 0.187. The molecular formula is C15H24N2O3. The van der Waals surface area contributed by atoms with E-state index in [0.717, 1.165) is 55.8 Å². The van der Waals surface area contributed by atoms with Crippen LogP contribution in [-0.2, 0) is 11.3 Å². The van der Waals surface area contributed by atoms with E-state index < -0.39 is 11.4 Å². The molecule has 2 rings (SSSR count). The molecule has 0 aromatic carbocycles. The van der Waals surface area contributed by atoms with Crippen LogP contribution in [0.4, 0.5) is 0 Å². The minimum atomic E-state index is -0.650. The number of likely N-dealkylation sites (tertiary alicyclic amines) is 1. The monoisotopic (exact) mass is 280 g/mol. The summed E-state index contributed by atoms with van der Waals surface area (Å²) in [7, 11) is 0. The van der Waals surface area contributed by atoms with Crippen molar-refractivity contribution in [3.8, 4) is 0 Å². The second-order valence-corrected chi connectivity index (χ2v) is 5.95. The lowest BCUT2D eigenvalue weighted by Gasteiger charge is -2.40. The first-order chi connectivity index (χ1) is 9.48. The Bertz CT molecular complexity index is 460. The molecule has 0 amide bonds. The number of piperidine rings is 1. The third-order valence-corrected chi connectivity index (χ3v) is 4.40. The maximum absolute atomic E-state index is 11.7. The van der Waals surface area contributed by atoms with Gasteiger partial charge in [-0.05, 0) is 39.7 Å². The summed E-state index contributed by atoms with van der Waals surface area (Å²) < 4.78 is 5.19. The number of carboxylic acid groups (broad SMARTS) is 1. The SMILES string of the molecule is CCCC1(C(=O)O)CCCN(Cc2c(C)noc2C)C1. The van der Waals surface area contributed by atoms with Crippen molar-refractivity contribution >= 4 is 5.97 Å². The van der Waals surface area contributed by atoms with Crippen LogP contribution in [-0.4, -0.2) is 34.2 Å². The Labute approximate surface area is 119 Å². The Morgan fingerprint density at radius 3 is 2.80 bits per heavy atom. The molecule has 112 valence electrons. The van der Waals surface area contributed by atoms with E-state index in [4.69, 9.17) is 4.52 Å². The van der Waals surface area contributed by atoms with E-state index in [1.807, 2.05) is 13.8 Å². The summed E-state index contributed by atoms with van der Waals surface area (Å²) in [6.07, 6.45) is 3.38. The van der Waals surface area contributed by atoms with Crippen LogP contribution in [0.2, 0.25) is 0 Å². The van der Waals surface area contributed by atoms with E-state index in [1.54, 1.807) is 0 Å². The lowest BCUT2D eigenvalue weighted by atomic mass is 9.76. The second-order valence-electron chi connectivity index (χ2n) is 5.95. The molecule has 0 radical (unpaired) electrons. The van der Waals surface area contributed by atoms with Gasteiger partial charge in [0, 0.05) is 18.7 Å². The average Bonchev–Trinajstić information content (AvgIpc) is 2.71. The molecule has 1 unspecified atom stereocenters. The van der Waals surface area contributed by atoms with Gasteiger partial charge in [-0.25, -0.2) is 0 Å². The van der Waals surface area contributed by atoms with Crippen LogP contribution in [0.15, 0.2) is 4.52 Å². The molecular weight excluding hydrogens is 256 g/mol. The van der Waals surface area contributed by atoms with Gasteiger partial charge in [-0.2, -0.15) is 0 Å². The van der Waals surface area contributed by atoms with E-state index in [0.29, 0.717) is 6.54 Å². The molecule has 1 fully saturated rings. The molecule has 5 nitrogen and oxygen atoms in total. The maximum Gasteiger partial charge on any atom is 0.310 e. The molecule has 0 saturated carbocycles. The topological polar surface area (TPSA) is 66.6 Å². The van der Waals surface area contributed by atoms with Crippen LogP contribution in [0.1, 0.15) is 49.6 Å². The average molecular weight is 280 g/mol. The standard InChI is InChI=1S/C15H24N2O3/c1-4-6-15(14(18)19)7-5-8-17(10-15)9-13-11(2)16-20-12(13)3/h4-10H2,1-3H3,(H,18,19). The third kappa shape index (κ3) is 2.87. The Hall–Kier alpha value is -1.36. The molecule has 2 heterocycles. The fourth-order valence-electron chi connectivity index (χ4n) is 3.28. The molecule has 1 aliphatic rings. The van der Waals surface area contributed by atoms with Gasteiger partial charge in [-0.15, -0.1) is 0 Å². The minimum absolute atomic E-state index is 0.577. The Kier molecular flexibility index (Phi) is 4.48. The Balaban J connectivity index is 2.12. The van der Waals surface area contributed by atoms with E-state index in [-0.39, 0.29) is 0 Å². The van der Waals surface area contributed by atoms with Crippen molar-refractivity contribution < 1.29 is 14.4 Å². The number of hydrogen-bond acceptors (Lipinski definition) is 4. The van der Waals surface area contributed by atoms with Crippen molar-refractivity contribution in [1.82, 2.24) is 10.1 Å². The van der Waals surface area contributed by atoms with Gasteiger partial charge in [0.2, 0.25) is 0 Å². The van der Waals surface area contributed by atoms with Gasteiger partial charge in [-0.3, -0.25) is 9.69 Å². The van der Waals surface area contributed by atoms with Crippen LogP contribution >= 0.6 is 0 Å². The van der Waals surface area contributed by atoms with Crippen LogP contribution in [0.25, 0.3) is 0 Å². The summed E-state index contributed by atoms with van der Waals surface area (Å²) in [6.45, 7) is 8.21. The van der Waals surface area contributed by atoms with Gasteiger partial charge in [-0.1, -0.05) is 18.5 Å². The fraction of sp³-hybridized carbons (Fsp3) is 0.733. The van der Waals surface area contributed by atoms with Crippen LogP contribution in [0.3, 0.4) is 0 Å². The highest BCUT2D eigenvalue weighted by atomic mass is 16.5. The second kappa shape index (κ2) is 5.95. The number of carboxylic acids is 1. The van der Waals surface area contributed by atoms with Gasteiger partial charge in [0.05, 0.1) is 11.1 Å². The number of aryl methyl sites for hydroxylation is 2. The van der Waals surface area contributed by atoms with E-state index in [9.17, 15) is 9.90 Å². The van der Waals surface area contributed by atoms with Gasteiger partial charge in [0.25, 0.3) is 0 Å². The molecule has 1 aliphatic heterocycles. The largest absolute Gasteiger partial charge is 0.481 e. The first-order valence-corrected chi connectivity index (χ1v) is 7.36. The lowest BCUT2D eigenvalue weighted by molar-refractivity contribution is -0.153. The zero-order chi connectivity index (χ0) is 14.8. The van der Waals surface area contributed by atoms with Crippen molar-refractivity contribution in [2.24, 2.45) is 5.41 Å². The third-order valence-electron chi connectivity index (χ3n) is 4.40. The zero-order valence-electron chi connectivity index (χ0n) is 12.6. The summed E-state index contributed by atoms with van der Waals surface area (Å²) in [4.78, 5) is 13.9. The summed E-state index contributed by atoms with van der Waals surface area (Å²) in [5.41, 5.74) is 1.43. The lowest BCUT2D eigenvalue weighted by Crippen LogP contribution is -2.47. The van der Waals surface area contributed by atoms with E-state index in [2.05, 4.69) is 17.0 Å². The van der Waals surface area contributed by atoms with Crippen LogP contribution in [0, 0.1) is 19.3 Å². The first-order valence-electron chi connectivity index (χ1n) is 7.36. The van der Waals surface area contributed by atoms with Crippen molar-refractivity contribution in [3.63, 3.8) is 0 Å². The highest BCUT2D eigenvalue weighted by molar-refractivity contribution is 5.75. The number of hydrogen-bond donors (Lipinski definition) is 1. The molecule has 1 saturated heterocycles. The van der Waals surface area contributed by atoms with Crippen molar-refractivity contribution in [3.05, 3.63) is 17.0 Å². The molecule has 0 bridgehead atoms. The zero-order valence-corrected chi connectivity index (χ0v) is 12.6. The van der Waals surface area contributed by atoms with Crippen molar-refractivity contribution in [1.29, 1.82) is 0 Å². The number of nitrogens with zero attached hydrogens (tertiary/aromatic N) is 2. The molecule has 1 aromatic rings. The normalized spacial score (nSPS) is 23.9. The maximum atomic E-state index is 11.7. The Morgan fingerprint density at radius 1 is 1.50 bits per heavy atom. The predicted octanol–water partition coefficient (Wildman–Crippen LogP) is 2.76. The molecule has 0 aliphatic carbocycles. The number of aliphatic carboxylic acids is 1. The minimum Gasteiger partial charge on any atom is -0.481 e. The summed E-state index contributed by atoms with van der Waals surface area (Å²) in [6, 6.07) is 0. The highest BCUT2D eigenvalue weighted by Crippen LogP contribution is 2.35. The van der Waals surface area contributed by atoms with Crippen molar-refractivity contribution in [2.45, 2.75) is 53.0 Å². The molecule has 20 heavy (non-hydrogen) atoms. The van der Waals surface area contributed by atoms with Crippen molar-refractivity contribution in [2.75, 3.05) is 13.1 Å².